The quantitative estimate of drug-likeness (QED) is 0.655. The Morgan fingerprint density at radius 2 is 1.73 bits per heavy atom. The lowest BCUT2D eigenvalue weighted by molar-refractivity contribution is 0.171. The molecule has 33 heavy (non-hydrogen) atoms. The SMILES string of the molecule is CC1(C)Oc2ncnc(N)c2N=C1c1ccc([C@H]2CC[C@H](CCN3CCCCC3)CC2)cc1. The van der Waals surface area contributed by atoms with Gasteiger partial charge in [0.05, 0.1) is 5.71 Å². The van der Waals surface area contributed by atoms with E-state index < -0.39 is 5.60 Å². The monoisotopic (exact) mass is 447 g/mol. The van der Waals surface area contributed by atoms with Crippen molar-refractivity contribution in [3.63, 3.8) is 0 Å². The number of likely N-dealkylation sites (tertiary alicyclic amines) is 1. The fraction of sp³-hybridized carbons (Fsp3) is 0.593. The third-order valence-electron chi connectivity index (χ3n) is 7.77. The normalized spacial score (nSPS) is 25.1. The van der Waals surface area contributed by atoms with Crippen molar-refractivity contribution in [1.29, 1.82) is 0 Å². The van der Waals surface area contributed by atoms with Crippen LogP contribution in [0.4, 0.5) is 11.5 Å². The number of ether oxygens (including phenoxy) is 1. The van der Waals surface area contributed by atoms with E-state index in [0.29, 0.717) is 23.3 Å². The van der Waals surface area contributed by atoms with Crippen LogP contribution in [0.2, 0.25) is 0 Å². The average Bonchev–Trinajstić information content (AvgIpc) is 2.83. The van der Waals surface area contributed by atoms with Crippen molar-refractivity contribution in [3.8, 4) is 5.88 Å². The predicted octanol–water partition coefficient (Wildman–Crippen LogP) is 5.50. The summed E-state index contributed by atoms with van der Waals surface area (Å²) in [5.41, 5.74) is 9.35. The number of nitrogen functional groups attached to an aromatic ring is 1. The summed E-state index contributed by atoms with van der Waals surface area (Å²) in [5, 5.41) is 0. The first-order chi connectivity index (χ1) is 16.0. The number of anilines is 1. The Balaban J connectivity index is 1.22. The van der Waals surface area contributed by atoms with E-state index in [9.17, 15) is 0 Å². The number of hydrogen-bond donors (Lipinski definition) is 1. The molecule has 2 aromatic rings. The molecule has 2 N–H and O–H groups in total. The first-order valence-corrected chi connectivity index (χ1v) is 12.7. The first-order valence-electron chi connectivity index (χ1n) is 12.7. The lowest BCUT2D eigenvalue weighted by Gasteiger charge is -2.33. The molecule has 3 aliphatic rings. The van der Waals surface area contributed by atoms with Gasteiger partial charge >= 0.3 is 0 Å². The zero-order valence-corrected chi connectivity index (χ0v) is 20.1. The Labute approximate surface area is 197 Å². The summed E-state index contributed by atoms with van der Waals surface area (Å²) in [5.74, 6) is 2.38. The van der Waals surface area contributed by atoms with E-state index in [2.05, 4.69) is 39.1 Å². The predicted molar refractivity (Wildman–Crippen MR) is 133 cm³/mol. The van der Waals surface area contributed by atoms with Crippen molar-refractivity contribution in [2.24, 2.45) is 10.9 Å². The fourth-order valence-electron chi connectivity index (χ4n) is 5.75. The minimum Gasteiger partial charge on any atom is -0.463 e. The molecule has 5 rings (SSSR count). The molecule has 0 bridgehead atoms. The van der Waals surface area contributed by atoms with Crippen LogP contribution in [-0.4, -0.2) is 45.8 Å². The molecule has 0 unspecified atom stereocenters. The van der Waals surface area contributed by atoms with E-state index >= 15 is 0 Å². The van der Waals surface area contributed by atoms with Crippen molar-refractivity contribution in [3.05, 3.63) is 41.7 Å². The van der Waals surface area contributed by atoms with Crippen LogP contribution in [0.25, 0.3) is 0 Å². The second-order valence-corrected chi connectivity index (χ2v) is 10.5. The maximum Gasteiger partial charge on any atom is 0.246 e. The molecule has 0 atom stereocenters. The summed E-state index contributed by atoms with van der Waals surface area (Å²) in [6.07, 6.45) is 12.4. The molecule has 2 fully saturated rings. The molecule has 3 heterocycles. The molecule has 2 aliphatic heterocycles. The third kappa shape index (κ3) is 4.91. The summed E-state index contributed by atoms with van der Waals surface area (Å²) < 4.78 is 6.13. The van der Waals surface area contributed by atoms with Gasteiger partial charge in [-0.2, -0.15) is 4.98 Å². The summed E-state index contributed by atoms with van der Waals surface area (Å²) in [7, 11) is 0. The molecular weight excluding hydrogens is 410 g/mol. The summed E-state index contributed by atoms with van der Waals surface area (Å²) in [4.78, 5) is 15.8. The van der Waals surface area contributed by atoms with Crippen LogP contribution in [0.1, 0.15) is 82.3 Å². The van der Waals surface area contributed by atoms with Crippen molar-refractivity contribution >= 4 is 17.2 Å². The molecule has 0 amide bonds. The highest BCUT2D eigenvalue weighted by Crippen LogP contribution is 2.40. The highest BCUT2D eigenvalue weighted by atomic mass is 16.5. The molecule has 6 heteroatoms. The lowest BCUT2D eigenvalue weighted by Crippen LogP contribution is -2.41. The van der Waals surface area contributed by atoms with Gasteiger partial charge in [-0.1, -0.05) is 30.7 Å². The van der Waals surface area contributed by atoms with E-state index in [-0.39, 0.29) is 0 Å². The minimum absolute atomic E-state index is 0.349. The maximum atomic E-state index is 6.13. The van der Waals surface area contributed by atoms with Gasteiger partial charge in [-0.3, -0.25) is 0 Å². The summed E-state index contributed by atoms with van der Waals surface area (Å²) in [6, 6.07) is 8.94. The van der Waals surface area contributed by atoms with Crippen molar-refractivity contribution in [2.45, 2.75) is 76.7 Å². The van der Waals surface area contributed by atoms with Gasteiger partial charge in [0, 0.05) is 5.56 Å². The molecule has 0 spiro atoms. The second kappa shape index (κ2) is 9.41. The number of rotatable bonds is 5. The van der Waals surface area contributed by atoms with Crippen molar-refractivity contribution in [1.82, 2.24) is 14.9 Å². The number of piperidine rings is 1. The van der Waals surface area contributed by atoms with Crippen LogP contribution in [0, 0.1) is 5.92 Å². The smallest absolute Gasteiger partial charge is 0.246 e. The molecule has 176 valence electrons. The Morgan fingerprint density at radius 3 is 2.45 bits per heavy atom. The number of aromatic nitrogens is 2. The highest BCUT2D eigenvalue weighted by Gasteiger charge is 2.35. The summed E-state index contributed by atoms with van der Waals surface area (Å²) in [6.45, 7) is 7.99. The first kappa shape index (κ1) is 22.3. The Hall–Kier alpha value is -2.47. The maximum absolute atomic E-state index is 6.13. The zero-order chi connectivity index (χ0) is 22.8. The number of benzene rings is 1. The van der Waals surface area contributed by atoms with E-state index in [1.165, 1.54) is 82.9 Å². The largest absolute Gasteiger partial charge is 0.463 e. The van der Waals surface area contributed by atoms with Crippen LogP contribution < -0.4 is 10.5 Å². The molecule has 0 radical (unpaired) electrons. The molecular formula is C27H37N5O. The highest BCUT2D eigenvalue weighted by molar-refractivity contribution is 6.09. The second-order valence-electron chi connectivity index (χ2n) is 10.5. The Kier molecular flexibility index (Phi) is 6.37. The average molecular weight is 448 g/mol. The number of hydrogen-bond acceptors (Lipinski definition) is 6. The Morgan fingerprint density at radius 1 is 1.00 bits per heavy atom. The molecule has 1 saturated carbocycles. The van der Waals surface area contributed by atoms with E-state index in [1.807, 2.05) is 13.8 Å². The molecule has 1 aliphatic carbocycles. The van der Waals surface area contributed by atoms with Crippen LogP contribution in [-0.2, 0) is 0 Å². The van der Waals surface area contributed by atoms with E-state index in [0.717, 1.165) is 17.2 Å². The minimum atomic E-state index is -0.582. The van der Waals surface area contributed by atoms with Gasteiger partial charge in [-0.05, 0) is 95.8 Å². The van der Waals surface area contributed by atoms with Crippen molar-refractivity contribution in [2.75, 3.05) is 25.4 Å². The molecule has 6 nitrogen and oxygen atoms in total. The fourth-order valence-corrected chi connectivity index (χ4v) is 5.75. The van der Waals surface area contributed by atoms with Crippen LogP contribution in [0.5, 0.6) is 5.88 Å². The van der Waals surface area contributed by atoms with Gasteiger partial charge in [-0.15, -0.1) is 0 Å². The standard InChI is InChI=1S/C27H37N5O/c1-27(2)24(31-23-25(28)29-18-30-26(23)33-27)22-12-10-21(11-13-22)20-8-6-19(7-9-20)14-17-32-15-4-3-5-16-32/h10-13,18-20H,3-9,14-17H2,1-2H3,(H2,28,29,30)/t19-,20-. The Bertz CT molecular complexity index is 986. The number of fused-ring (bicyclic) bond motifs is 1. The molecule has 1 saturated heterocycles. The van der Waals surface area contributed by atoms with E-state index in [1.54, 1.807) is 0 Å². The van der Waals surface area contributed by atoms with Gasteiger partial charge < -0.3 is 15.4 Å². The topological polar surface area (TPSA) is 76.6 Å². The number of nitrogens with zero attached hydrogens (tertiary/aromatic N) is 4. The summed E-state index contributed by atoms with van der Waals surface area (Å²) >= 11 is 0. The third-order valence-corrected chi connectivity index (χ3v) is 7.77. The number of nitrogens with two attached hydrogens (primary N) is 1. The van der Waals surface area contributed by atoms with Gasteiger partial charge in [-0.25, -0.2) is 9.98 Å². The van der Waals surface area contributed by atoms with Gasteiger partial charge in [0.25, 0.3) is 0 Å². The zero-order valence-electron chi connectivity index (χ0n) is 20.1. The van der Waals surface area contributed by atoms with Crippen molar-refractivity contribution < 1.29 is 4.74 Å². The van der Waals surface area contributed by atoms with Crippen LogP contribution in [0.15, 0.2) is 35.6 Å². The van der Waals surface area contributed by atoms with E-state index in [4.69, 9.17) is 15.5 Å². The molecule has 1 aromatic carbocycles. The lowest BCUT2D eigenvalue weighted by atomic mass is 9.77. The van der Waals surface area contributed by atoms with Crippen LogP contribution in [0.3, 0.4) is 0 Å². The van der Waals surface area contributed by atoms with Gasteiger partial charge in [0.1, 0.15) is 11.9 Å². The molecule has 1 aromatic heterocycles. The van der Waals surface area contributed by atoms with Gasteiger partial charge in [0.15, 0.2) is 11.5 Å². The van der Waals surface area contributed by atoms with Crippen LogP contribution >= 0.6 is 0 Å². The van der Waals surface area contributed by atoms with Gasteiger partial charge in [0.2, 0.25) is 5.88 Å². The number of aliphatic imine (C=N–C) groups is 1.